The Morgan fingerprint density at radius 2 is 2.55 bits per heavy atom. The SMILES string of the molecule is CC(N)NCc1cccnc1. The molecule has 1 heterocycles. The van der Waals surface area contributed by atoms with Gasteiger partial charge in [0.2, 0.25) is 0 Å². The number of aromatic nitrogens is 1. The second kappa shape index (κ2) is 4.05. The quantitative estimate of drug-likeness (QED) is 0.618. The Morgan fingerprint density at radius 3 is 3.09 bits per heavy atom. The first-order chi connectivity index (χ1) is 5.29. The molecule has 11 heavy (non-hydrogen) atoms. The van der Waals surface area contributed by atoms with Crippen LogP contribution in [0.15, 0.2) is 24.5 Å². The van der Waals surface area contributed by atoms with Gasteiger partial charge in [0.1, 0.15) is 0 Å². The van der Waals surface area contributed by atoms with Crippen molar-refractivity contribution in [2.24, 2.45) is 5.73 Å². The molecule has 0 aliphatic rings. The zero-order valence-electron chi connectivity index (χ0n) is 6.62. The van der Waals surface area contributed by atoms with Crippen molar-refractivity contribution in [2.45, 2.75) is 19.6 Å². The molecule has 1 rings (SSSR count). The van der Waals surface area contributed by atoms with E-state index < -0.39 is 0 Å². The highest BCUT2D eigenvalue weighted by atomic mass is 15.0. The smallest absolute Gasteiger partial charge is 0.0519 e. The predicted octanol–water partition coefficient (Wildman–Crippen LogP) is 0.476. The van der Waals surface area contributed by atoms with E-state index in [1.807, 2.05) is 25.3 Å². The van der Waals surface area contributed by atoms with Gasteiger partial charge in [-0.25, -0.2) is 0 Å². The van der Waals surface area contributed by atoms with Gasteiger partial charge in [-0.1, -0.05) is 6.07 Å². The van der Waals surface area contributed by atoms with Crippen LogP contribution in [0.4, 0.5) is 0 Å². The molecule has 0 spiro atoms. The number of nitrogens with zero attached hydrogens (tertiary/aromatic N) is 1. The minimum atomic E-state index is 0.0372. The van der Waals surface area contributed by atoms with Gasteiger partial charge in [0.05, 0.1) is 6.17 Å². The fourth-order valence-corrected chi connectivity index (χ4v) is 0.782. The zero-order chi connectivity index (χ0) is 8.10. The molecule has 0 fully saturated rings. The van der Waals surface area contributed by atoms with E-state index in [1.54, 1.807) is 6.20 Å². The van der Waals surface area contributed by atoms with E-state index in [0.29, 0.717) is 0 Å². The van der Waals surface area contributed by atoms with E-state index in [9.17, 15) is 0 Å². The summed E-state index contributed by atoms with van der Waals surface area (Å²) in [4.78, 5) is 3.98. The molecule has 3 N–H and O–H groups in total. The topological polar surface area (TPSA) is 50.9 Å². The van der Waals surface area contributed by atoms with Gasteiger partial charge in [0.25, 0.3) is 0 Å². The molecule has 0 aromatic carbocycles. The van der Waals surface area contributed by atoms with E-state index in [0.717, 1.165) is 12.1 Å². The van der Waals surface area contributed by atoms with Crippen molar-refractivity contribution in [2.75, 3.05) is 0 Å². The van der Waals surface area contributed by atoms with Crippen LogP contribution in [-0.4, -0.2) is 11.1 Å². The van der Waals surface area contributed by atoms with Gasteiger partial charge < -0.3 is 5.73 Å². The molecule has 3 nitrogen and oxygen atoms in total. The number of hydrogen-bond acceptors (Lipinski definition) is 3. The average Bonchev–Trinajstić information content (AvgIpc) is 2.03. The highest BCUT2D eigenvalue weighted by Gasteiger charge is 1.92. The van der Waals surface area contributed by atoms with Crippen LogP contribution in [0.5, 0.6) is 0 Å². The van der Waals surface area contributed by atoms with Crippen LogP contribution < -0.4 is 11.1 Å². The summed E-state index contributed by atoms with van der Waals surface area (Å²) in [5, 5.41) is 3.10. The lowest BCUT2D eigenvalue weighted by atomic mass is 10.3. The van der Waals surface area contributed by atoms with Gasteiger partial charge >= 0.3 is 0 Å². The number of nitrogens with two attached hydrogens (primary N) is 1. The predicted molar refractivity (Wildman–Crippen MR) is 44.7 cm³/mol. The Kier molecular flexibility index (Phi) is 3.01. The summed E-state index contributed by atoms with van der Waals surface area (Å²) in [6.07, 6.45) is 3.63. The van der Waals surface area contributed by atoms with Crippen molar-refractivity contribution in [3.05, 3.63) is 30.1 Å². The van der Waals surface area contributed by atoms with Crippen LogP contribution in [-0.2, 0) is 6.54 Å². The highest BCUT2D eigenvalue weighted by molar-refractivity contribution is 5.07. The normalized spacial score (nSPS) is 12.9. The van der Waals surface area contributed by atoms with Crippen LogP contribution in [0, 0.1) is 0 Å². The second-order valence-corrected chi connectivity index (χ2v) is 2.53. The largest absolute Gasteiger partial charge is 0.316 e. The summed E-state index contributed by atoms with van der Waals surface area (Å²) >= 11 is 0. The van der Waals surface area contributed by atoms with Gasteiger partial charge in [-0.3, -0.25) is 10.3 Å². The van der Waals surface area contributed by atoms with Crippen LogP contribution in [0.2, 0.25) is 0 Å². The van der Waals surface area contributed by atoms with Crippen LogP contribution >= 0.6 is 0 Å². The molecular formula is C8H13N3. The lowest BCUT2D eigenvalue weighted by Crippen LogP contribution is -2.33. The maximum absolute atomic E-state index is 5.51. The first-order valence-electron chi connectivity index (χ1n) is 3.67. The summed E-state index contributed by atoms with van der Waals surface area (Å²) in [7, 11) is 0. The lowest BCUT2D eigenvalue weighted by molar-refractivity contribution is 0.566. The Morgan fingerprint density at radius 1 is 1.73 bits per heavy atom. The van der Waals surface area contributed by atoms with E-state index in [4.69, 9.17) is 5.73 Å². The summed E-state index contributed by atoms with van der Waals surface area (Å²) in [6, 6.07) is 3.93. The summed E-state index contributed by atoms with van der Waals surface area (Å²) in [6.45, 7) is 2.70. The molecule has 0 bridgehead atoms. The molecule has 1 atom stereocenters. The molecule has 0 aliphatic carbocycles. The van der Waals surface area contributed by atoms with Crippen molar-refractivity contribution in [3.63, 3.8) is 0 Å². The number of rotatable bonds is 3. The van der Waals surface area contributed by atoms with E-state index in [2.05, 4.69) is 10.3 Å². The van der Waals surface area contributed by atoms with Crippen molar-refractivity contribution < 1.29 is 0 Å². The van der Waals surface area contributed by atoms with Crippen LogP contribution in [0.1, 0.15) is 12.5 Å². The molecule has 3 heteroatoms. The minimum Gasteiger partial charge on any atom is -0.316 e. The Labute approximate surface area is 66.6 Å². The molecule has 60 valence electrons. The molecule has 1 aromatic heterocycles. The van der Waals surface area contributed by atoms with Gasteiger partial charge in [0, 0.05) is 18.9 Å². The van der Waals surface area contributed by atoms with Crippen molar-refractivity contribution in [1.29, 1.82) is 0 Å². The Balaban J connectivity index is 2.39. The average molecular weight is 151 g/mol. The summed E-state index contributed by atoms with van der Waals surface area (Å²) < 4.78 is 0. The summed E-state index contributed by atoms with van der Waals surface area (Å²) in [5.74, 6) is 0. The van der Waals surface area contributed by atoms with Gasteiger partial charge in [-0.05, 0) is 18.6 Å². The molecule has 0 amide bonds. The monoisotopic (exact) mass is 151 g/mol. The van der Waals surface area contributed by atoms with E-state index in [-0.39, 0.29) is 6.17 Å². The molecule has 1 aromatic rings. The fourth-order valence-electron chi connectivity index (χ4n) is 0.782. The fraction of sp³-hybridized carbons (Fsp3) is 0.375. The Bertz CT molecular complexity index is 196. The third-order valence-corrected chi connectivity index (χ3v) is 1.35. The van der Waals surface area contributed by atoms with E-state index >= 15 is 0 Å². The maximum Gasteiger partial charge on any atom is 0.0519 e. The molecule has 0 saturated carbocycles. The third-order valence-electron chi connectivity index (χ3n) is 1.35. The first-order valence-corrected chi connectivity index (χ1v) is 3.67. The maximum atomic E-state index is 5.51. The number of pyridine rings is 1. The number of nitrogens with one attached hydrogen (secondary N) is 1. The minimum absolute atomic E-state index is 0.0372. The standard InChI is InChI=1S/C8H13N3/c1-7(9)11-6-8-3-2-4-10-5-8/h2-5,7,11H,6,9H2,1H3. The molecule has 1 unspecified atom stereocenters. The molecule has 0 radical (unpaired) electrons. The van der Waals surface area contributed by atoms with E-state index in [1.165, 1.54) is 0 Å². The zero-order valence-corrected chi connectivity index (χ0v) is 6.62. The van der Waals surface area contributed by atoms with Gasteiger partial charge in [-0.15, -0.1) is 0 Å². The molecular weight excluding hydrogens is 138 g/mol. The van der Waals surface area contributed by atoms with Crippen LogP contribution in [0.25, 0.3) is 0 Å². The van der Waals surface area contributed by atoms with Crippen molar-refractivity contribution in [3.8, 4) is 0 Å². The molecule has 0 aliphatic heterocycles. The first kappa shape index (κ1) is 8.17. The molecule has 0 saturated heterocycles. The second-order valence-electron chi connectivity index (χ2n) is 2.53. The summed E-state index contributed by atoms with van der Waals surface area (Å²) in [5.41, 5.74) is 6.67. The third kappa shape index (κ3) is 3.11. The van der Waals surface area contributed by atoms with Crippen molar-refractivity contribution in [1.82, 2.24) is 10.3 Å². The van der Waals surface area contributed by atoms with Gasteiger partial charge in [0.15, 0.2) is 0 Å². The van der Waals surface area contributed by atoms with Gasteiger partial charge in [-0.2, -0.15) is 0 Å². The lowest BCUT2D eigenvalue weighted by Gasteiger charge is -2.06. The van der Waals surface area contributed by atoms with Crippen molar-refractivity contribution >= 4 is 0 Å². The van der Waals surface area contributed by atoms with Crippen LogP contribution in [0.3, 0.4) is 0 Å². The number of hydrogen-bond donors (Lipinski definition) is 2. The highest BCUT2D eigenvalue weighted by Crippen LogP contribution is 1.93. The Hall–Kier alpha value is -0.930.